The SMILES string of the molecule is c1cncc(N(c2ccc(-c3ccc4c5c(cccc35)-c3ccccc3-4)cc2)c2cccc3ccccc23)c1. The van der Waals surface area contributed by atoms with Crippen LogP contribution in [0.25, 0.3) is 54.9 Å². The van der Waals surface area contributed by atoms with Crippen molar-refractivity contribution in [3.05, 3.63) is 146 Å². The van der Waals surface area contributed by atoms with E-state index in [1.54, 1.807) is 0 Å². The quantitative estimate of drug-likeness (QED) is 0.241. The molecule has 0 unspecified atom stereocenters. The Labute approximate surface area is 227 Å². The summed E-state index contributed by atoms with van der Waals surface area (Å²) in [5, 5.41) is 5.08. The molecule has 7 aromatic rings. The zero-order chi connectivity index (χ0) is 25.8. The number of fused-ring (bicyclic) bond motifs is 4. The van der Waals surface area contributed by atoms with Crippen molar-refractivity contribution in [2.24, 2.45) is 0 Å². The fraction of sp³-hybridized carbons (Fsp3) is 0. The Hall–Kier alpha value is -5.21. The van der Waals surface area contributed by atoms with Gasteiger partial charge in [0.25, 0.3) is 0 Å². The number of hydrogen-bond donors (Lipinski definition) is 0. The van der Waals surface area contributed by atoms with Gasteiger partial charge in [-0.15, -0.1) is 0 Å². The lowest BCUT2D eigenvalue weighted by Crippen LogP contribution is -2.10. The predicted molar refractivity (Wildman–Crippen MR) is 164 cm³/mol. The van der Waals surface area contributed by atoms with Crippen molar-refractivity contribution < 1.29 is 0 Å². The third-order valence-electron chi connectivity index (χ3n) is 7.90. The molecule has 1 heterocycles. The van der Waals surface area contributed by atoms with Crippen LogP contribution in [0.4, 0.5) is 17.1 Å². The molecule has 0 amide bonds. The molecule has 0 atom stereocenters. The van der Waals surface area contributed by atoms with E-state index in [0.29, 0.717) is 0 Å². The first-order chi connectivity index (χ1) is 19.4. The number of pyridine rings is 1. The van der Waals surface area contributed by atoms with Crippen molar-refractivity contribution in [2.45, 2.75) is 0 Å². The van der Waals surface area contributed by atoms with Gasteiger partial charge in [-0.3, -0.25) is 4.98 Å². The van der Waals surface area contributed by atoms with Crippen LogP contribution in [0.1, 0.15) is 0 Å². The van der Waals surface area contributed by atoms with Crippen LogP contribution in [0.5, 0.6) is 0 Å². The second kappa shape index (κ2) is 8.68. The molecule has 1 aliphatic rings. The van der Waals surface area contributed by atoms with Gasteiger partial charge in [0.2, 0.25) is 0 Å². The largest absolute Gasteiger partial charge is 0.308 e. The third-order valence-corrected chi connectivity index (χ3v) is 7.90. The van der Waals surface area contributed by atoms with Gasteiger partial charge in [-0.1, -0.05) is 103 Å². The Morgan fingerprint density at radius 2 is 1.10 bits per heavy atom. The van der Waals surface area contributed by atoms with E-state index in [4.69, 9.17) is 0 Å². The first kappa shape index (κ1) is 21.8. The Kier molecular flexibility index (Phi) is 4.86. The minimum absolute atomic E-state index is 1.03. The minimum atomic E-state index is 1.03. The Morgan fingerprint density at radius 3 is 1.92 bits per heavy atom. The number of nitrogens with zero attached hydrogens (tertiary/aromatic N) is 2. The van der Waals surface area contributed by atoms with Crippen molar-refractivity contribution >= 4 is 38.6 Å². The first-order valence-corrected chi connectivity index (χ1v) is 13.3. The van der Waals surface area contributed by atoms with Crippen molar-refractivity contribution in [3.63, 3.8) is 0 Å². The summed E-state index contributed by atoms with van der Waals surface area (Å²) >= 11 is 0. The molecular weight excluding hydrogens is 472 g/mol. The standard InChI is InChI=1S/C37H24N2/c1-2-11-30-25(8-1)9-5-16-36(30)39(28-10-7-23-38-24-28)27-19-17-26(18-20-27)29-21-22-35-32-13-4-3-12-31(32)34-15-6-14-33(29)37(34)35/h1-24H. The maximum absolute atomic E-state index is 4.43. The lowest BCUT2D eigenvalue weighted by molar-refractivity contribution is 1.24. The van der Waals surface area contributed by atoms with E-state index in [1.165, 1.54) is 54.9 Å². The van der Waals surface area contributed by atoms with Crippen molar-refractivity contribution in [1.82, 2.24) is 4.98 Å². The van der Waals surface area contributed by atoms with Crippen molar-refractivity contribution in [1.29, 1.82) is 0 Å². The lowest BCUT2D eigenvalue weighted by atomic mass is 9.94. The molecule has 0 fully saturated rings. The smallest absolute Gasteiger partial charge is 0.0645 e. The molecule has 0 radical (unpaired) electrons. The number of benzene rings is 6. The molecule has 0 N–H and O–H groups in total. The van der Waals surface area contributed by atoms with Gasteiger partial charge in [0.1, 0.15) is 0 Å². The number of hydrogen-bond acceptors (Lipinski definition) is 2. The van der Waals surface area contributed by atoms with E-state index in [9.17, 15) is 0 Å². The fourth-order valence-corrected chi connectivity index (χ4v) is 6.17. The van der Waals surface area contributed by atoms with E-state index in [2.05, 4.69) is 137 Å². The normalized spacial score (nSPS) is 11.6. The summed E-state index contributed by atoms with van der Waals surface area (Å²) in [5.41, 5.74) is 11.0. The van der Waals surface area contributed by atoms with Gasteiger partial charge >= 0.3 is 0 Å². The number of aromatic nitrogens is 1. The number of rotatable bonds is 4. The van der Waals surface area contributed by atoms with Gasteiger partial charge in [0, 0.05) is 17.3 Å². The summed E-state index contributed by atoms with van der Waals surface area (Å²) in [7, 11) is 0. The second-order valence-electron chi connectivity index (χ2n) is 10.0. The second-order valence-corrected chi connectivity index (χ2v) is 10.0. The van der Waals surface area contributed by atoms with Gasteiger partial charge in [0.05, 0.1) is 17.6 Å². The molecule has 6 aromatic carbocycles. The molecule has 1 aromatic heterocycles. The van der Waals surface area contributed by atoms with Gasteiger partial charge in [0.15, 0.2) is 0 Å². The van der Waals surface area contributed by atoms with Crippen LogP contribution >= 0.6 is 0 Å². The molecule has 39 heavy (non-hydrogen) atoms. The Morgan fingerprint density at radius 1 is 0.436 bits per heavy atom. The van der Waals surface area contributed by atoms with E-state index in [1.807, 2.05) is 18.5 Å². The number of anilines is 3. The highest BCUT2D eigenvalue weighted by Gasteiger charge is 2.22. The molecule has 0 spiro atoms. The maximum atomic E-state index is 4.43. The maximum Gasteiger partial charge on any atom is 0.0645 e. The summed E-state index contributed by atoms with van der Waals surface area (Å²) in [4.78, 5) is 6.73. The van der Waals surface area contributed by atoms with E-state index >= 15 is 0 Å². The Bertz CT molecular complexity index is 1970. The molecule has 0 aliphatic heterocycles. The summed E-state index contributed by atoms with van der Waals surface area (Å²) in [6.07, 6.45) is 3.75. The lowest BCUT2D eigenvalue weighted by Gasteiger charge is -2.26. The molecule has 0 bridgehead atoms. The molecule has 8 rings (SSSR count). The summed E-state index contributed by atoms with van der Waals surface area (Å²) in [6.45, 7) is 0. The van der Waals surface area contributed by atoms with Crippen LogP contribution in [-0.2, 0) is 0 Å². The van der Waals surface area contributed by atoms with Crippen LogP contribution < -0.4 is 4.90 Å². The fourth-order valence-electron chi connectivity index (χ4n) is 6.17. The van der Waals surface area contributed by atoms with E-state index < -0.39 is 0 Å². The molecule has 0 saturated carbocycles. The van der Waals surface area contributed by atoms with Gasteiger partial charge < -0.3 is 4.90 Å². The van der Waals surface area contributed by atoms with Crippen molar-refractivity contribution in [3.8, 4) is 33.4 Å². The molecular formula is C37H24N2. The predicted octanol–water partition coefficient (Wildman–Crippen LogP) is 10.2. The molecule has 182 valence electrons. The molecule has 1 aliphatic carbocycles. The van der Waals surface area contributed by atoms with Crippen LogP contribution in [0.3, 0.4) is 0 Å². The zero-order valence-corrected chi connectivity index (χ0v) is 21.3. The first-order valence-electron chi connectivity index (χ1n) is 13.3. The van der Waals surface area contributed by atoms with Gasteiger partial charge in [-0.05, 0) is 79.9 Å². The van der Waals surface area contributed by atoms with Crippen LogP contribution in [0, 0.1) is 0 Å². The minimum Gasteiger partial charge on any atom is -0.308 e. The highest BCUT2D eigenvalue weighted by atomic mass is 15.1. The Balaban J connectivity index is 1.27. The van der Waals surface area contributed by atoms with Crippen LogP contribution in [0.15, 0.2) is 146 Å². The van der Waals surface area contributed by atoms with E-state index in [0.717, 1.165) is 17.1 Å². The average molecular weight is 497 g/mol. The average Bonchev–Trinajstić information content (AvgIpc) is 3.34. The highest BCUT2D eigenvalue weighted by molar-refractivity contribution is 6.18. The monoisotopic (exact) mass is 496 g/mol. The molecule has 2 nitrogen and oxygen atoms in total. The topological polar surface area (TPSA) is 16.1 Å². The third kappa shape index (κ3) is 3.39. The van der Waals surface area contributed by atoms with Crippen LogP contribution in [0.2, 0.25) is 0 Å². The molecule has 0 saturated heterocycles. The van der Waals surface area contributed by atoms with Gasteiger partial charge in [-0.25, -0.2) is 0 Å². The van der Waals surface area contributed by atoms with Crippen molar-refractivity contribution in [2.75, 3.05) is 4.90 Å². The van der Waals surface area contributed by atoms with E-state index in [-0.39, 0.29) is 0 Å². The van der Waals surface area contributed by atoms with Crippen LogP contribution in [-0.4, -0.2) is 4.98 Å². The molecule has 2 heteroatoms. The summed E-state index contributed by atoms with van der Waals surface area (Å²) in [6, 6.07) is 48.1. The van der Waals surface area contributed by atoms with Gasteiger partial charge in [-0.2, -0.15) is 0 Å². The summed E-state index contributed by atoms with van der Waals surface area (Å²) in [5.74, 6) is 0. The summed E-state index contributed by atoms with van der Waals surface area (Å²) < 4.78 is 0. The zero-order valence-electron chi connectivity index (χ0n) is 21.3. The highest BCUT2D eigenvalue weighted by Crippen LogP contribution is 2.49.